The summed E-state index contributed by atoms with van der Waals surface area (Å²) in [4.78, 5) is 71.2. The van der Waals surface area contributed by atoms with E-state index < -0.39 is 89.8 Å². The van der Waals surface area contributed by atoms with Crippen molar-refractivity contribution in [3.8, 4) is 0 Å². The number of fused-ring (bicyclic) bond motifs is 3. The van der Waals surface area contributed by atoms with Crippen LogP contribution in [-0.2, 0) is 47.7 Å². The second-order valence-electron chi connectivity index (χ2n) is 19.5. The fourth-order valence-electron chi connectivity index (χ4n) is 10.1. The zero-order valence-electron chi connectivity index (χ0n) is 40.5. The van der Waals surface area contributed by atoms with Crippen LogP contribution in [0.2, 0.25) is 0 Å². The Labute approximate surface area is 385 Å². The smallest absolute Gasteiger partial charge is 0.329 e. The lowest BCUT2D eigenvalue weighted by molar-refractivity contribution is -0.231. The standard InChI is InChI=1S/C51H77F2NO11/c1-30-16-12-11-13-17-31(2)42(61-8)28-38-21-19-36(7)51(53,65-38)48(58)49(59)54-23-15-14-18-39(54)50(60)64-43(33(4)26-37-20-22-40(55)44(27-37)62-9)29-41(56)32(3)25-34(5)45(52)47(63-10)46(57)35(6)24-30/h11-13,16-17,25,30,33-40,42-45,47,55H,14-15,18-24,26-29H2,1-10H3/t30-,33-,34?,35-,36-,37+,38+,39?,40-,42+,43+,44-,45?,47-,51?/m1/s1. The number of ketones is 3. The summed E-state index contributed by atoms with van der Waals surface area (Å²) < 4.78 is 62.1. The largest absolute Gasteiger partial charge is 0.460 e. The maximum Gasteiger partial charge on any atom is 0.329 e. The highest BCUT2D eigenvalue weighted by Crippen LogP contribution is 2.40. The van der Waals surface area contributed by atoms with E-state index in [2.05, 4.69) is 0 Å². The summed E-state index contributed by atoms with van der Waals surface area (Å²) in [5.74, 6) is -9.76. The molecule has 65 heavy (non-hydrogen) atoms. The topological polar surface area (TPSA) is 155 Å². The third kappa shape index (κ3) is 14.3. The van der Waals surface area contributed by atoms with Crippen molar-refractivity contribution < 1.29 is 61.5 Å². The number of amides is 1. The minimum absolute atomic E-state index is 0.0193. The van der Waals surface area contributed by atoms with Crippen LogP contribution < -0.4 is 0 Å². The average Bonchev–Trinajstić information content (AvgIpc) is 3.28. The molecule has 14 heteroatoms. The number of hydrogen-bond acceptors (Lipinski definition) is 11. The number of alkyl halides is 2. The number of carbonyl (C=O) groups excluding carboxylic acids is 5. The Morgan fingerprint density at radius 1 is 0.892 bits per heavy atom. The molecule has 1 amide bonds. The molecule has 0 aromatic carbocycles. The third-order valence-corrected chi connectivity index (χ3v) is 14.4. The van der Waals surface area contributed by atoms with Gasteiger partial charge < -0.3 is 33.7 Å². The van der Waals surface area contributed by atoms with E-state index in [0.717, 1.165) is 10.5 Å². The van der Waals surface area contributed by atoms with Gasteiger partial charge in [0.15, 0.2) is 11.6 Å². The van der Waals surface area contributed by atoms with Crippen molar-refractivity contribution >= 4 is 29.2 Å². The highest BCUT2D eigenvalue weighted by atomic mass is 19.2. The molecule has 1 saturated carbocycles. The van der Waals surface area contributed by atoms with Gasteiger partial charge in [0.05, 0.1) is 24.4 Å². The fourth-order valence-corrected chi connectivity index (χ4v) is 10.1. The zero-order chi connectivity index (χ0) is 48.2. The molecule has 4 rings (SSSR count). The van der Waals surface area contributed by atoms with E-state index in [-0.39, 0.29) is 67.4 Å². The van der Waals surface area contributed by atoms with Crippen molar-refractivity contribution in [2.75, 3.05) is 27.9 Å². The number of hydrogen-bond donors (Lipinski definition) is 1. The van der Waals surface area contributed by atoms with Gasteiger partial charge in [0.2, 0.25) is 0 Å². The molecule has 0 spiro atoms. The molecule has 1 aliphatic carbocycles. The number of ether oxygens (including phenoxy) is 5. The van der Waals surface area contributed by atoms with Gasteiger partial charge >= 0.3 is 5.97 Å². The van der Waals surface area contributed by atoms with Crippen molar-refractivity contribution in [3.63, 3.8) is 0 Å². The molecule has 4 unspecified atom stereocenters. The fraction of sp³-hybridized carbons (Fsp3) is 0.745. The monoisotopic (exact) mass is 918 g/mol. The molecule has 366 valence electrons. The summed E-state index contributed by atoms with van der Waals surface area (Å²) in [6, 6.07) is -1.21. The number of aliphatic hydroxyl groups excluding tert-OH is 1. The van der Waals surface area contributed by atoms with E-state index in [4.69, 9.17) is 23.7 Å². The molecule has 0 aromatic rings. The van der Waals surface area contributed by atoms with Gasteiger partial charge in [0.25, 0.3) is 17.5 Å². The summed E-state index contributed by atoms with van der Waals surface area (Å²) in [5, 5.41) is 10.5. The number of nitrogens with zero attached hydrogens (tertiary/aromatic N) is 1. The minimum atomic E-state index is -2.94. The summed E-state index contributed by atoms with van der Waals surface area (Å²) in [6.45, 7) is 12.2. The normalized spacial score (nSPS) is 37.8. The number of esters is 1. The number of aliphatic hydroxyl groups is 1. The molecule has 2 saturated heterocycles. The summed E-state index contributed by atoms with van der Waals surface area (Å²) in [5.41, 5.74) is 1.05. The van der Waals surface area contributed by atoms with Crippen molar-refractivity contribution in [2.24, 2.45) is 35.5 Å². The quantitative estimate of drug-likeness (QED) is 0.203. The number of piperidine rings is 1. The van der Waals surface area contributed by atoms with E-state index in [1.807, 2.05) is 51.2 Å². The van der Waals surface area contributed by atoms with Gasteiger partial charge in [-0.1, -0.05) is 71.1 Å². The third-order valence-electron chi connectivity index (χ3n) is 14.4. The first kappa shape index (κ1) is 54.2. The van der Waals surface area contributed by atoms with Crippen molar-refractivity contribution in [1.82, 2.24) is 4.90 Å². The van der Waals surface area contributed by atoms with E-state index >= 15 is 8.78 Å². The van der Waals surface area contributed by atoms with Crippen molar-refractivity contribution in [1.29, 1.82) is 0 Å². The first-order chi connectivity index (χ1) is 30.7. The van der Waals surface area contributed by atoms with E-state index in [1.165, 1.54) is 27.2 Å². The van der Waals surface area contributed by atoms with Crippen molar-refractivity contribution in [3.05, 3.63) is 47.6 Å². The summed E-state index contributed by atoms with van der Waals surface area (Å²) in [6.07, 6.45) is 9.15. The number of allylic oxidation sites excluding steroid dienone is 7. The van der Waals surface area contributed by atoms with Crippen molar-refractivity contribution in [2.45, 2.75) is 180 Å². The average molecular weight is 918 g/mol. The zero-order valence-corrected chi connectivity index (χ0v) is 40.5. The van der Waals surface area contributed by atoms with Crippen LogP contribution in [0.4, 0.5) is 8.78 Å². The SMILES string of the molecule is CO[C@H]1C[C@@H]2CC[C@@H](C)C(F)(O2)C(=O)C(=O)N2CCCCC2C(=O)O[C@H]([C@H](C)C[C@@H]2CC[C@@H](O)[C@H](OC)C2)CC(=O)C(C)=CC(C)C(F)[C@@H](OC)C(=O)[C@H](C)C[C@H](C)C=CC=CC=C1C. The van der Waals surface area contributed by atoms with E-state index in [1.54, 1.807) is 27.9 Å². The first-order valence-electron chi connectivity index (χ1n) is 23.9. The predicted octanol–water partition coefficient (Wildman–Crippen LogP) is 8.14. The number of carbonyl (C=O) groups is 5. The van der Waals surface area contributed by atoms with Gasteiger partial charge in [-0.2, -0.15) is 0 Å². The molecule has 15 atom stereocenters. The van der Waals surface area contributed by atoms with Gasteiger partial charge in [-0.05, 0) is 107 Å². The van der Waals surface area contributed by atoms with Crippen LogP contribution in [-0.4, -0.2) is 122 Å². The molecule has 3 fully saturated rings. The Morgan fingerprint density at radius 3 is 2.29 bits per heavy atom. The number of methoxy groups -OCH3 is 3. The van der Waals surface area contributed by atoms with Gasteiger partial charge in [-0.25, -0.2) is 13.6 Å². The van der Waals surface area contributed by atoms with Crippen LogP contribution in [0.1, 0.15) is 126 Å². The lowest BCUT2D eigenvalue weighted by Crippen LogP contribution is -2.59. The second-order valence-corrected chi connectivity index (χ2v) is 19.5. The summed E-state index contributed by atoms with van der Waals surface area (Å²) >= 11 is 0. The molecule has 2 bridgehead atoms. The highest BCUT2D eigenvalue weighted by molar-refractivity contribution is 6.39. The Hall–Kier alpha value is -3.43. The minimum Gasteiger partial charge on any atom is -0.460 e. The van der Waals surface area contributed by atoms with Gasteiger partial charge in [-0.3, -0.25) is 19.2 Å². The van der Waals surface area contributed by atoms with Crippen LogP contribution in [0.25, 0.3) is 0 Å². The number of Topliss-reactive ketones (excluding diaryl/α,β-unsaturated/α-hetero) is 3. The first-order valence-corrected chi connectivity index (χ1v) is 23.9. The van der Waals surface area contributed by atoms with Gasteiger partial charge in [0, 0.05) is 58.5 Å². The molecule has 3 heterocycles. The van der Waals surface area contributed by atoms with E-state index in [9.17, 15) is 29.1 Å². The molecule has 0 radical (unpaired) electrons. The maximum absolute atomic E-state index is 17.0. The lowest BCUT2D eigenvalue weighted by Gasteiger charge is -2.41. The predicted molar refractivity (Wildman–Crippen MR) is 243 cm³/mol. The molecular formula is C51H77F2NO11. The Kier molecular flexibility index (Phi) is 20.9. The Balaban J connectivity index is 1.70. The van der Waals surface area contributed by atoms with Gasteiger partial charge in [0.1, 0.15) is 24.4 Å². The molecule has 4 aliphatic rings. The number of halogens is 2. The van der Waals surface area contributed by atoms with E-state index in [0.29, 0.717) is 51.4 Å². The molecule has 0 aromatic heterocycles. The molecular weight excluding hydrogens is 841 g/mol. The van der Waals surface area contributed by atoms with Crippen LogP contribution >= 0.6 is 0 Å². The number of rotatable bonds is 6. The van der Waals surface area contributed by atoms with Crippen LogP contribution in [0.3, 0.4) is 0 Å². The second kappa shape index (κ2) is 25.1. The molecule has 1 N–H and O–H groups in total. The highest BCUT2D eigenvalue weighted by Gasteiger charge is 2.55. The molecule has 3 aliphatic heterocycles. The summed E-state index contributed by atoms with van der Waals surface area (Å²) in [7, 11) is 4.38. The number of cyclic esters (lactones) is 1. The van der Waals surface area contributed by atoms with Crippen LogP contribution in [0, 0.1) is 35.5 Å². The maximum atomic E-state index is 17.0. The van der Waals surface area contributed by atoms with Gasteiger partial charge in [-0.15, -0.1) is 0 Å². The Morgan fingerprint density at radius 2 is 1.62 bits per heavy atom. The molecule has 12 nitrogen and oxygen atoms in total. The lowest BCUT2D eigenvalue weighted by atomic mass is 9.78. The van der Waals surface area contributed by atoms with Crippen LogP contribution in [0.15, 0.2) is 47.6 Å². The Bertz CT molecular complexity index is 1760. The van der Waals surface area contributed by atoms with Crippen LogP contribution in [0.5, 0.6) is 0 Å².